The normalized spacial score (nSPS) is 47.3. The number of hydrogen-bond acceptors (Lipinski definition) is 1. The van der Waals surface area contributed by atoms with E-state index in [9.17, 15) is 4.79 Å². The molecule has 0 bridgehead atoms. The lowest BCUT2D eigenvalue weighted by Gasteiger charge is -2.55. The zero-order chi connectivity index (χ0) is 15.7. The van der Waals surface area contributed by atoms with E-state index in [-0.39, 0.29) is 5.41 Å². The minimum atomic E-state index is -0.111. The molecule has 2 fully saturated rings. The Kier molecular flexibility index (Phi) is 2.94. The van der Waals surface area contributed by atoms with E-state index in [1.165, 1.54) is 31.3 Å². The van der Waals surface area contributed by atoms with E-state index >= 15 is 0 Å². The van der Waals surface area contributed by atoms with Crippen LogP contribution in [0.4, 0.5) is 0 Å². The molecule has 118 valence electrons. The van der Waals surface area contributed by atoms with Gasteiger partial charge in [0.05, 0.1) is 0 Å². The van der Waals surface area contributed by atoms with Crippen LogP contribution in [-0.2, 0) is 4.79 Å². The number of fused-ring (bicyclic) bond motifs is 5. The van der Waals surface area contributed by atoms with E-state index in [1.54, 1.807) is 5.57 Å². The number of carbonyl (C=O) groups excluding carboxylic acids is 1. The van der Waals surface area contributed by atoms with Crippen LogP contribution < -0.4 is 0 Å². The average molecular weight is 296 g/mol. The van der Waals surface area contributed by atoms with Crippen LogP contribution in [0.1, 0.15) is 59.3 Å². The van der Waals surface area contributed by atoms with Gasteiger partial charge in [-0.3, -0.25) is 4.79 Å². The van der Waals surface area contributed by atoms with Crippen molar-refractivity contribution < 1.29 is 4.79 Å². The molecule has 1 nitrogen and oxygen atoms in total. The Morgan fingerprint density at radius 3 is 2.73 bits per heavy atom. The van der Waals surface area contributed by atoms with Crippen molar-refractivity contribution in [2.45, 2.75) is 59.3 Å². The smallest absolute Gasteiger partial charge is 0.164 e. The number of Topliss-reactive ketones (excluding diaryl/α,β-unsaturated/α-hetero) is 1. The fourth-order valence-electron chi connectivity index (χ4n) is 6.21. The maximum absolute atomic E-state index is 12.6. The van der Waals surface area contributed by atoms with Gasteiger partial charge in [-0.15, -0.1) is 0 Å². The van der Waals surface area contributed by atoms with E-state index in [1.807, 2.05) is 0 Å². The first kappa shape index (κ1) is 14.5. The third-order valence-electron chi connectivity index (χ3n) is 7.66. The minimum absolute atomic E-state index is 0.111. The number of hydrogen-bond donors (Lipinski definition) is 0. The van der Waals surface area contributed by atoms with E-state index in [4.69, 9.17) is 0 Å². The van der Waals surface area contributed by atoms with Crippen molar-refractivity contribution in [3.05, 3.63) is 35.5 Å². The standard InChI is InChI=1S/C21H28O/c1-13-7-9-20(3)15(11-13)5-6-16-17(20)8-10-21(4)18(16)12-14(2)19(21)22/h5,11,16-18H,2,6-10,12H2,1,3-4H3/t16?,17?,18?,20-,21-/m0/s1. The van der Waals surface area contributed by atoms with Gasteiger partial charge in [-0.25, -0.2) is 0 Å². The fraction of sp³-hybridized carbons (Fsp3) is 0.667. The molecule has 0 aromatic carbocycles. The highest BCUT2D eigenvalue weighted by Gasteiger charge is 2.59. The van der Waals surface area contributed by atoms with Gasteiger partial charge < -0.3 is 0 Å². The first-order chi connectivity index (χ1) is 10.4. The molecule has 5 atom stereocenters. The monoisotopic (exact) mass is 296 g/mol. The first-order valence-electron chi connectivity index (χ1n) is 8.96. The molecule has 0 aromatic rings. The molecular weight excluding hydrogens is 268 g/mol. The van der Waals surface area contributed by atoms with Gasteiger partial charge in [0.1, 0.15) is 0 Å². The molecule has 0 aromatic heterocycles. The summed E-state index contributed by atoms with van der Waals surface area (Å²) in [6.45, 7) is 11.1. The minimum Gasteiger partial charge on any atom is -0.294 e. The Morgan fingerprint density at radius 1 is 1.18 bits per heavy atom. The van der Waals surface area contributed by atoms with Crippen LogP contribution in [0.3, 0.4) is 0 Å². The van der Waals surface area contributed by atoms with E-state index < -0.39 is 0 Å². The molecule has 0 amide bonds. The van der Waals surface area contributed by atoms with Crippen LogP contribution in [0.2, 0.25) is 0 Å². The summed E-state index contributed by atoms with van der Waals surface area (Å²) >= 11 is 0. The molecule has 0 heterocycles. The molecule has 1 heteroatoms. The lowest BCUT2D eigenvalue weighted by atomic mass is 9.48. The molecule has 0 aliphatic heterocycles. The molecule has 0 spiro atoms. The second-order valence-corrected chi connectivity index (χ2v) is 8.77. The molecule has 3 unspecified atom stereocenters. The van der Waals surface area contributed by atoms with Crippen LogP contribution in [0.15, 0.2) is 35.5 Å². The SMILES string of the molecule is C=C1CC2C3CC=C4C=C(C)CC[C@]4(C)C3CC[C@]2(C)C1=O. The van der Waals surface area contributed by atoms with Crippen LogP contribution in [0.5, 0.6) is 0 Å². The summed E-state index contributed by atoms with van der Waals surface area (Å²) in [5, 5.41) is 0. The summed E-state index contributed by atoms with van der Waals surface area (Å²) < 4.78 is 0. The Labute approximate surface area is 134 Å². The number of allylic oxidation sites excluding steroid dienone is 5. The van der Waals surface area contributed by atoms with Gasteiger partial charge in [-0.05, 0) is 79.8 Å². The Morgan fingerprint density at radius 2 is 1.95 bits per heavy atom. The van der Waals surface area contributed by atoms with E-state index in [2.05, 4.69) is 39.5 Å². The zero-order valence-electron chi connectivity index (χ0n) is 14.2. The van der Waals surface area contributed by atoms with E-state index in [0.717, 1.165) is 24.3 Å². The lowest BCUT2D eigenvalue weighted by Crippen LogP contribution is -2.49. The van der Waals surface area contributed by atoms with Crippen molar-refractivity contribution in [1.82, 2.24) is 0 Å². The van der Waals surface area contributed by atoms with E-state index in [0.29, 0.717) is 23.0 Å². The number of ketones is 1. The number of rotatable bonds is 0. The molecule has 4 aliphatic rings. The van der Waals surface area contributed by atoms with Crippen molar-refractivity contribution in [2.75, 3.05) is 0 Å². The summed E-state index contributed by atoms with van der Waals surface area (Å²) in [5.41, 5.74) is 4.25. The topological polar surface area (TPSA) is 17.1 Å². The maximum atomic E-state index is 12.6. The summed E-state index contributed by atoms with van der Waals surface area (Å²) in [6.07, 6.45) is 11.9. The van der Waals surface area contributed by atoms with Crippen LogP contribution >= 0.6 is 0 Å². The lowest BCUT2D eigenvalue weighted by molar-refractivity contribution is -0.129. The highest BCUT2D eigenvalue weighted by atomic mass is 16.1. The summed E-state index contributed by atoms with van der Waals surface area (Å²) in [7, 11) is 0. The molecule has 0 radical (unpaired) electrons. The first-order valence-corrected chi connectivity index (χ1v) is 8.96. The molecule has 4 aliphatic carbocycles. The molecule has 0 N–H and O–H groups in total. The Balaban J connectivity index is 1.75. The van der Waals surface area contributed by atoms with Gasteiger partial charge in [0.15, 0.2) is 5.78 Å². The summed E-state index contributed by atoms with van der Waals surface area (Å²) in [5.74, 6) is 2.35. The van der Waals surface area contributed by atoms with Gasteiger partial charge >= 0.3 is 0 Å². The maximum Gasteiger partial charge on any atom is 0.164 e. The zero-order valence-corrected chi connectivity index (χ0v) is 14.2. The predicted molar refractivity (Wildman–Crippen MR) is 90.4 cm³/mol. The molecule has 22 heavy (non-hydrogen) atoms. The molecule has 0 saturated heterocycles. The second-order valence-electron chi connectivity index (χ2n) is 8.77. The van der Waals surface area contributed by atoms with Gasteiger partial charge in [-0.1, -0.05) is 38.2 Å². The van der Waals surface area contributed by atoms with Gasteiger partial charge in [-0.2, -0.15) is 0 Å². The van der Waals surface area contributed by atoms with Crippen molar-refractivity contribution in [3.63, 3.8) is 0 Å². The molecule has 2 saturated carbocycles. The summed E-state index contributed by atoms with van der Waals surface area (Å²) in [6, 6.07) is 0. The quantitative estimate of drug-likeness (QED) is 0.559. The molecular formula is C21H28O. The van der Waals surface area contributed by atoms with Gasteiger partial charge in [0, 0.05) is 5.41 Å². The van der Waals surface area contributed by atoms with Gasteiger partial charge in [0.25, 0.3) is 0 Å². The van der Waals surface area contributed by atoms with Crippen molar-refractivity contribution in [2.24, 2.45) is 28.6 Å². The third-order valence-corrected chi connectivity index (χ3v) is 7.66. The molecule has 4 rings (SSSR count). The fourth-order valence-corrected chi connectivity index (χ4v) is 6.21. The average Bonchev–Trinajstić information content (AvgIpc) is 2.72. The van der Waals surface area contributed by atoms with Crippen molar-refractivity contribution in [3.8, 4) is 0 Å². The van der Waals surface area contributed by atoms with Crippen LogP contribution in [-0.4, -0.2) is 5.78 Å². The van der Waals surface area contributed by atoms with Crippen LogP contribution in [0, 0.1) is 28.6 Å². The summed E-state index contributed by atoms with van der Waals surface area (Å²) in [4.78, 5) is 12.6. The van der Waals surface area contributed by atoms with Crippen molar-refractivity contribution in [1.29, 1.82) is 0 Å². The Bertz CT molecular complexity index is 622. The second kappa shape index (κ2) is 4.46. The Hall–Kier alpha value is -1.11. The largest absolute Gasteiger partial charge is 0.294 e. The van der Waals surface area contributed by atoms with Crippen LogP contribution in [0.25, 0.3) is 0 Å². The number of carbonyl (C=O) groups is 1. The third kappa shape index (κ3) is 1.69. The highest BCUT2D eigenvalue weighted by molar-refractivity contribution is 6.02. The van der Waals surface area contributed by atoms with Gasteiger partial charge in [0.2, 0.25) is 0 Å². The highest BCUT2D eigenvalue weighted by Crippen LogP contribution is 2.64. The predicted octanol–water partition coefficient (Wildman–Crippen LogP) is 5.24. The van der Waals surface area contributed by atoms with Crippen molar-refractivity contribution >= 4 is 5.78 Å².